The number of rotatable bonds is 5. The second kappa shape index (κ2) is 7.44. The number of carboxylic acids is 1. The van der Waals surface area contributed by atoms with Gasteiger partial charge in [0, 0.05) is 12.1 Å². The van der Waals surface area contributed by atoms with Crippen molar-refractivity contribution >= 4 is 23.4 Å². The number of nitrogens with zero attached hydrogens (tertiary/aromatic N) is 1. The maximum Gasteiger partial charge on any atom is 0.418 e. The van der Waals surface area contributed by atoms with Crippen molar-refractivity contribution in [3.05, 3.63) is 47.5 Å². The number of alkyl halides is 3. The number of hydrogen-bond acceptors (Lipinski definition) is 4. The van der Waals surface area contributed by atoms with Crippen molar-refractivity contribution < 1.29 is 37.3 Å². The Hall–Kier alpha value is -3.43. The maximum absolute atomic E-state index is 13.4. The van der Waals surface area contributed by atoms with Gasteiger partial charge in [-0.2, -0.15) is 13.2 Å². The largest absolute Gasteiger partial charge is 0.493 e. The van der Waals surface area contributed by atoms with Gasteiger partial charge < -0.3 is 20.3 Å². The predicted octanol–water partition coefficient (Wildman–Crippen LogP) is 3.64. The highest BCUT2D eigenvalue weighted by atomic mass is 19.4. The molecule has 0 aliphatic rings. The first-order valence-corrected chi connectivity index (χ1v) is 7.37. The standard InChI is InChI=1S/C17H15F3N2O5/c1-26-13-7-9(15(23)24)12(8-14(13)27-2)22(16(21)25)11-6-4-3-5-10(11)17(18,19)20/h3-8H,1-2H3,(H2,21,25)(H,23,24). The molecule has 2 aromatic carbocycles. The third kappa shape index (κ3) is 3.89. The Bertz CT molecular complexity index is 883. The molecule has 7 nitrogen and oxygen atoms in total. The third-order valence-electron chi connectivity index (χ3n) is 3.64. The number of benzene rings is 2. The number of ether oxygens (including phenoxy) is 2. The number of amides is 2. The van der Waals surface area contributed by atoms with E-state index in [4.69, 9.17) is 15.2 Å². The molecule has 10 heteroatoms. The van der Waals surface area contributed by atoms with E-state index in [1.165, 1.54) is 20.3 Å². The molecule has 27 heavy (non-hydrogen) atoms. The molecule has 0 aliphatic carbocycles. The number of nitrogens with two attached hydrogens (primary N) is 1. The minimum absolute atomic E-state index is 0.00763. The van der Waals surface area contributed by atoms with E-state index in [0.717, 1.165) is 30.3 Å². The molecule has 0 aliphatic heterocycles. The van der Waals surface area contributed by atoms with Crippen LogP contribution >= 0.6 is 0 Å². The Labute approximate surface area is 151 Å². The van der Waals surface area contributed by atoms with E-state index >= 15 is 0 Å². The monoisotopic (exact) mass is 384 g/mol. The number of carbonyl (C=O) groups excluding carboxylic acids is 1. The summed E-state index contributed by atoms with van der Waals surface area (Å²) in [5.41, 5.74) is 2.63. The fourth-order valence-corrected chi connectivity index (χ4v) is 2.50. The molecule has 3 N–H and O–H groups in total. The number of halogens is 3. The molecular formula is C17H15F3N2O5. The molecule has 0 saturated heterocycles. The lowest BCUT2D eigenvalue weighted by molar-refractivity contribution is -0.137. The highest BCUT2D eigenvalue weighted by molar-refractivity contribution is 6.06. The predicted molar refractivity (Wildman–Crippen MR) is 89.7 cm³/mol. The summed E-state index contributed by atoms with van der Waals surface area (Å²) in [4.78, 5) is 24.1. The highest BCUT2D eigenvalue weighted by Crippen LogP contribution is 2.42. The van der Waals surface area contributed by atoms with Crippen molar-refractivity contribution in [3.63, 3.8) is 0 Å². The third-order valence-corrected chi connectivity index (χ3v) is 3.64. The highest BCUT2D eigenvalue weighted by Gasteiger charge is 2.37. The summed E-state index contributed by atoms with van der Waals surface area (Å²) in [6, 6.07) is 4.96. The molecular weight excluding hydrogens is 369 g/mol. The summed E-state index contributed by atoms with van der Waals surface area (Å²) < 4.78 is 50.2. The number of carbonyl (C=O) groups is 2. The number of primary amides is 1. The van der Waals surface area contributed by atoms with Crippen molar-refractivity contribution in [1.29, 1.82) is 0 Å². The van der Waals surface area contributed by atoms with Crippen LogP contribution in [0.15, 0.2) is 36.4 Å². The molecule has 2 aromatic rings. The first-order valence-electron chi connectivity index (χ1n) is 7.37. The molecule has 0 aromatic heterocycles. The van der Waals surface area contributed by atoms with E-state index < -0.39 is 40.7 Å². The van der Waals surface area contributed by atoms with Gasteiger partial charge in [0.15, 0.2) is 11.5 Å². The number of aromatic carboxylic acids is 1. The van der Waals surface area contributed by atoms with Gasteiger partial charge in [0.05, 0.1) is 36.7 Å². The molecule has 2 rings (SSSR count). The molecule has 0 spiro atoms. The van der Waals surface area contributed by atoms with Gasteiger partial charge in [-0.05, 0) is 12.1 Å². The number of para-hydroxylation sites is 1. The van der Waals surface area contributed by atoms with E-state index in [0.29, 0.717) is 4.90 Å². The summed E-state index contributed by atoms with van der Waals surface area (Å²) in [5, 5.41) is 9.46. The van der Waals surface area contributed by atoms with Crippen molar-refractivity contribution in [2.75, 3.05) is 19.1 Å². The van der Waals surface area contributed by atoms with E-state index in [1.807, 2.05) is 0 Å². The summed E-state index contributed by atoms with van der Waals surface area (Å²) in [6.07, 6.45) is -4.80. The topological polar surface area (TPSA) is 102 Å². The van der Waals surface area contributed by atoms with Crippen LogP contribution in [0.2, 0.25) is 0 Å². The fourth-order valence-electron chi connectivity index (χ4n) is 2.50. The summed E-state index contributed by atoms with van der Waals surface area (Å²) in [6.45, 7) is 0. The van der Waals surface area contributed by atoms with Crippen LogP contribution in [0.3, 0.4) is 0 Å². The summed E-state index contributed by atoms with van der Waals surface area (Å²) in [5.74, 6) is -1.47. The van der Waals surface area contributed by atoms with Gasteiger partial charge >= 0.3 is 18.2 Å². The molecule has 0 fully saturated rings. The lowest BCUT2D eigenvalue weighted by Gasteiger charge is -2.26. The summed E-state index contributed by atoms with van der Waals surface area (Å²) >= 11 is 0. The van der Waals surface area contributed by atoms with E-state index in [2.05, 4.69) is 0 Å². The smallest absolute Gasteiger partial charge is 0.418 e. The van der Waals surface area contributed by atoms with Crippen LogP contribution in [0.5, 0.6) is 11.5 Å². The van der Waals surface area contributed by atoms with E-state index in [1.54, 1.807) is 0 Å². The Morgan fingerprint density at radius 3 is 2.07 bits per heavy atom. The van der Waals surface area contributed by atoms with Crippen molar-refractivity contribution in [3.8, 4) is 11.5 Å². The van der Waals surface area contributed by atoms with Gasteiger partial charge in [-0.1, -0.05) is 12.1 Å². The van der Waals surface area contributed by atoms with Crippen LogP contribution in [0.1, 0.15) is 15.9 Å². The number of urea groups is 1. The number of carboxylic acid groups (broad SMARTS) is 1. The SMILES string of the molecule is COc1cc(C(=O)O)c(N(C(N)=O)c2ccccc2C(F)(F)F)cc1OC. The van der Waals surface area contributed by atoms with Crippen molar-refractivity contribution in [1.82, 2.24) is 0 Å². The van der Waals surface area contributed by atoms with Crippen LogP contribution < -0.4 is 20.1 Å². The fraction of sp³-hybridized carbons (Fsp3) is 0.176. The lowest BCUT2D eigenvalue weighted by atomic mass is 10.1. The second-order valence-corrected chi connectivity index (χ2v) is 5.22. The molecule has 0 bridgehead atoms. The van der Waals surface area contributed by atoms with E-state index in [-0.39, 0.29) is 11.5 Å². The van der Waals surface area contributed by atoms with Gasteiger partial charge in [0.25, 0.3) is 0 Å². The molecule has 144 valence electrons. The van der Waals surface area contributed by atoms with Gasteiger partial charge in [-0.25, -0.2) is 9.59 Å². The van der Waals surface area contributed by atoms with Crippen LogP contribution in [-0.2, 0) is 6.18 Å². The molecule has 2 amide bonds. The maximum atomic E-state index is 13.4. The molecule has 0 unspecified atom stereocenters. The lowest BCUT2D eigenvalue weighted by Crippen LogP contribution is -2.34. The minimum Gasteiger partial charge on any atom is -0.493 e. The van der Waals surface area contributed by atoms with Gasteiger partial charge in [0.1, 0.15) is 0 Å². The second-order valence-electron chi connectivity index (χ2n) is 5.22. The number of hydrogen-bond donors (Lipinski definition) is 2. The number of methoxy groups -OCH3 is 2. The first kappa shape index (κ1) is 19.9. The average Bonchev–Trinajstić information content (AvgIpc) is 2.60. The van der Waals surface area contributed by atoms with E-state index in [9.17, 15) is 27.9 Å². The van der Waals surface area contributed by atoms with Crippen LogP contribution in [0.25, 0.3) is 0 Å². The van der Waals surface area contributed by atoms with Gasteiger partial charge in [-0.15, -0.1) is 0 Å². The van der Waals surface area contributed by atoms with Crippen molar-refractivity contribution in [2.24, 2.45) is 5.73 Å². The van der Waals surface area contributed by atoms with Crippen LogP contribution in [0.4, 0.5) is 29.3 Å². The first-order chi connectivity index (χ1) is 12.6. The zero-order valence-electron chi connectivity index (χ0n) is 14.2. The van der Waals surface area contributed by atoms with Crippen LogP contribution in [-0.4, -0.2) is 31.3 Å². The molecule has 0 radical (unpaired) electrons. The molecule has 0 atom stereocenters. The zero-order valence-corrected chi connectivity index (χ0v) is 14.2. The van der Waals surface area contributed by atoms with Crippen molar-refractivity contribution in [2.45, 2.75) is 6.18 Å². The van der Waals surface area contributed by atoms with Gasteiger partial charge in [-0.3, -0.25) is 4.90 Å². The average molecular weight is 384 g/mol. The van der Waals surface area contributed by atoms with Gasteiger partial charge in [0.2, 0.25) is 0 Å². The normalized spacial score (nSPS) is 11.0. The minimum atomic E-state index is -4.80. The Morgan fingerprint density at radius 2 is 1.59 bits per heavy atom. The van der Waals surface area contributed by atoms with Crippen LogP contribution in [0, 0.1) is 0 Å². The Morgan fingerprint density at radius 1 is 1.04 bits per heavy atom. The quantitative estimate of drug-likeness (QED) is 0.820. The summed E-state index contributed by atoms with van der Waals surface area (Å²) in [7, 11) is 2.51. The molecule has 0 saturated carbocycles. The zero-order chi connectivity index (χ0) is 20.4. The Kier molecular flexibility index (Phi) is 5.48. The number of anilines is 2. The Balaban J connectivity index is 2.84. The molecule has 0 heterocycles.